The zero-order chi connectivity index (χ0) is 29.4. The highest BCUT2D eigenvalue weighted by molar-refractivity contribution is 6.39. The molecule has 3 amide bonds. The van der Waals surface area contributed by atoms with Gasteiger partial charge in [0.25, 0.3) is 5.91 Å². The highest BCUT2D eigenvalue weighted by Crippen LogP contribution is 2.37. The Labute approximate surface area is 237 Å². The van der Waals surface area contributed by atoms with Crippen molar-refractivity contribution in [1.29, 1.82) is 0 Å². The summed E-state index contributed by atoms with van der Waals surface area (Å²) in [6.45, 7) is 8.31. The smallest absolute Gasteiger partial charge is 0.388 e. The lowest BCUT2D eigenvalue weighted by Crippen LogP contribution is -2.52. The van der Waals surface area contributed by atoms with Crippen molar-refractivity contribution in [2.45, 2.75) is 57.2 Å². The van der Waals surface area contributed by atoms with Crippen molar-refractivity contribution >= 4 is 29.2 Å². The molecule has 41 heavy (non-hydrogen) atoms. The lowest BCUT2D eigenvalue weighted by Gasteiger charge is -2.37. The van der Waals surface area contributed by atoms with Crippen molar-refractivity contribution < 1.29 is 27.6 Å². The van der Waals surface area contributed by atoms with Gasteiger partial charge in [-0.15, -0.1) is 0 Å². The number of rotatable bonds is 3. The van der Waals surface area contributed by atoms with Crippen LogP contribution in [0.3, 0.4) is 0 Å². The van der Waals surface area contributed by atoms with Gasteiger partial charge >= 0.3 is 12.2 Å². The molecule has 0 radical (unpaired) electrons. The number of likely N-dealkylation sites (tertiary alicyclic amines) is 1. The van der Waals surface area contributed by atoms with Crippen LogP contribution in [0.4, 0.5) is 29.5 Å². The van der Waals surface area contributed by atoms with Gasteiger partial charge in [-0.2, -0.15) is 13.2 Å². The average Bonchev–Trinajstić information content (AvgIpc) is 3.35. The van der Waals surface area contributed by atoms with E-state index in [-0.39, 0.29) is 49.4 Å². The number of nitrogens with one attached hydrogen (secondary N) is 1. The van der Waals surface area contributed by atoms with E-state index in [2.05, 4.69) is 36.2 Å². The van der Waals surface area contributed by atoms with Crippen molar-refractivity contribution in [3.8, 4) is 0 Å². The minimum Gasteiger partial charge on any atom is -0.388 e. The first-order chi connectivity index (χ1) is 19.3. The molecule has 1 aromatic carbocycles. The summed E-state index contributed by atoms with van der Waals surface area (Å²) in [5.41, 5.74) is 0.840. The summed E-state index contributed by atoms with van der Waals surface area (Å²) < 4.78 is 40.2. The highest BCUT2D eigenvalue weighted by Gasteiger charge is 2.45. The Bertz CT molecular complexity index is 1310. The Balaban J connectivity index is 1.10. The quantitative estimate of drug-likeness (QED) is 0.566. The number of amides is 3. The Kier molecular flexibility index (Phi) is 7.60. The van der Waals surface area contributed by atoms with E-state index in [9.17, 15) is 22.8 Å². The summed E-state index contributed by atoms with van der Waals surface area (Å²) in [6, 6.07) is 9.94. The number of aromatic nitrogens is 1. The van der Waals surface area contributed by atoms with Gasteiger partial charge in [-0.1, -0.05) is 38.1 Å². The number of urea groups is 1. The third-order valence-corrected chi connectivity index (χ3v) is 8.01. The number of pyridine rings is 1. The van der Waals surface area contributed by atoms with Crippen LogP contribution in [0, 0.1) is 0 Å². The van der Waals surface area contributed by atoms with Crippen molar-refractivity contribution in [1.82, 2.24) is 14.8 Å². The van der Waals surface area contributed by atoms with E-state index in [1.807, 2.05) is 24.3 Å². The molecule has 3 aliphatic heterocycles. The number of oxime groups is 1. The van der Waals surface area contributed by atoms with Crippen LogP contribution in [0.25, 0.3) is 0 Å². The number of hydrogen-bond donors (Lipinski definition) is 1. The molecule has 0 bridgehead atoms. The zero-order valence-electron chi connectivity index (χ0n) is 23.5. The lowest BCUT2D eigenvalue weighted by atomic mass is 9.86. The molecule has 0 aliphatic carbocycles. The molecule has 0 saturated carbocycles. The molecular formula is C29H35F3N6O3. The van der Waals surface area contributed by atoms with Crippen LogP contribution in [-0.2, 0) is 21.2 Å². The molecule has 4 heterocycles. The summed E-state index contributed by atoms with van der Waals surface area (Å²) in [7, 11) is 0. The molecule has 2 saturated heterocycles. The molecule has 0 unspecified atom stereocenters. The summed E-state index contributed by atoms with van der Waals surface area (Å²) in [5, 5.41) is 7.06. The first-order valence-corrected chi connectivity index (χ1v) is 13.8. The van der Waals surface area contributed by atoms with E-state index in [0.29, 0.717) is 38.1 Å². The highest BCUT2D eigenvalue weighted by atomic mass is 19.4. The number of halogens is 3. The van der Waals surface area contributed by atoms with Gasteiger partial charge in [0.15, 0.2) is 0 Å². The number of anilines is 2. The van der Waals surface area contributed by atoms with Crippen LogP contribution in [0.2, 0.25) is 0 Å². The van der Waals surface area contributed by atoms with E-state index in [1.165, 1.54) is 17.8 Å². The average molecular weight is 573 g/mol. The molecule has 1 spiro atoms. The third-order valence-electron chi connectivity index (χ3n) is 8.01. The number of piperidine rings is 1. The number of nitrogens with zero attached hydrogens (tertiary/aromatic N) is 5. The Morgan fingerprint density at radius 1 is 0.927 bits per heavy atom. The number of carbonyl (C=O) groups excluding carboxylic acids is 2. The zero-order valence-corrected chi connectivity index (χ0v) is 23.5. The fraction of sp³-hybridized carbons (Fsp3) is 0.517. The first-order valence-electron chi connectivity index (χ1n) is 13.8. The van der Waals surface area contributed by atoms with Gasteiger partial charge in [0, 0.05) is 70.4 Å². The van der Waals surface area contributed by atoms with E-state index < -0.39 is 17.3 Å². The lowest BCUT2D eigenvalue weighted by molar-refractivity contribution is -0.137. The second-order valence-electron chi connectivity index (χ2n) is 11.9. The molecule has 220 valence electrons. The second-order valence-corrected chi connectivity index (χ2v) is 11.9. The fourth-order valence-corrected chi connectivity index (χ4v) is 5.45. The Morgan fingerprint density at radius 3 is 2.20 bits per heavy atom. The van der Waals surface area contributed by atoms with Crippen LogP contribution < -0.4 is 10.2 Å². The minimum absolute atomic E-state index is 0.0297. The molecular weight excluding hydrogens is 537 g/mol. The number of carbonyl (C=O) groups is 2. The van der Waals surface area contributed by atoms with Crippen LogP contribution in [0.5, 0.6) is 0 Å². The minimum atomic E-state index is -4.51. The topological polar surface area (TPSA) is 90.4 Å². The van der Waals surface area contributed by atoms with Crippen LogP contribution in [-0.4, -0.2) is 77.3 Å². The molecule has 2 fully saturated rings. The van der Waals surface area contributed by atoms with Gasteiger partial charge in [-0.3, -0.25) is 4.79 Å². The van der Waals surface area contributed by atoms with Gasteiger partial charge in [0.1, 0.15) is 17.1 Å². The fourth-order valence-electron chi connectivity index (χ4n) is 5.45. The standard InChI is InChI=1S/C29H35F3N6O3/c1-27(2,3)20-6-8-21(9-7-20)34-26(40)38-13-10-28(11-14-38)19-23(35-41-28)25(39)37-17-15-36(16-18-37)24-22(29(30,31)32)5-4-12-33-24/h4-9,12H,10-11,13-19H2,1-3H3,(H,34,40). The van der Waals surface area contributed by atoms with Crippen LogP contribution in [0.15, 0.2) is 47.8 Å². The molecule has 2 aromatic rings. The maximum Gasteiger partial charge on any atom is 0.419 e. The van der Waals surface area contributed by atoms with Gasteiger partial charge < -0.3 is 24.9 Å². The first kappa shape index (κ1) is 28.7. The summed E-state index contributed by atoms with van der Waals surface area (Å²) in [4.78, 5) is 40.7. The monoisotopic (exact) mass is 572 g/mol. The molecule has 1 N–H and O–H groups in total. The number of alkyl halides is 3. The maximum atomic E-state index is 13.4. The van der Waals surface area contributed by atoms with E-state index >= 15 is 0 Å². The van der Waals surface area contributed by atoms with Gasteiger partial charge in [0.05, 0.1) is 5.56 Å². The van der Waals surface area contributed by atoms with Crippen molar-refractivity contribution in [2.75, 3.05) is 49.5 Å². The Hall–Kier alpha value is -3.83. The Morgan fingerprint density at radius 2 is 1.59 bits per heavy atom. The number of hydrogen-bond acceptors (Lipinski definition) is 6. The normalized spacial score (nSPS) is 19.2. The summed E-state index contributed by atoms with van der Waals surface area (Å²) in [6.07, 6.45) is -1.75. The molecule has 0 atom stereocenters. The SMILES string of the molecule is CC(C)(C)c1ccc(NC(=O)N2CCC3(CC2)CC(C(=O)N2CCN(c4ncccc4C(F)(F)F)CC2)=NO3)cc1. The van der Waals surface area contributed by atoms with Crippen molar-refractivity contribution in [3.63, 3.8) is 0 Å². The van der Waals surface area contributed by atoms with Crippen molar-refractivity contribution in [2.24, 2.45) is 5.16 Å². The molecule has 12 heteroatoms. The van der Waals surface area contributed by atoms with E-state index in [0.717, 1.165) is 11.8 Å². The van der Waals surface area contributed by atoms with E-state index in [1.54, 1.807) is 14.7 Å². The largest absolute Gasteiger partial charge is 0.419 e. The summed E-state index contributed by atoms with van der Waals surface area (Å²) in [5.74, 6) is -0.386. The van der Waals surface area contributed by atoms with Gasteiger partial charge in [-0.25, -0.2) is 9.78 Å². The van der Waals surface area contributed by atoms with Crippen molar-refractivity contribution in [3.05, 3.63) is 53.7 Å². The molecule has 1 aromatic heterocycles. The maximum absolute atomic E-state index is 13.4. The second kappa shape index (κ2) is 10.9. The van der Waals surface area contributed by atoms with E-state index in [4.69, 9.17) is 4.84 Å². The van der Waals surface area contributed by atoms with Gasteiger partial charge in [0.2, 0.25) is 0 Å². The molecule has 5 rings (SSSR count). The summed E-state index contributed by atoms with van der Waals surface area (Å²) >= 11 is 0. The number of benzene rings is 1. The number of piperazine rings is 1. The third kappa shape index (κ3) is 6.25. The van der Waals surface area contributed by atoms with Gasteiger partial charge in [-0.05, 0) is 35.2 Å². The molecule has 9 nitrogen and oxygen atoms in total. The van der Waals surface area contributed by atoms with Crippen LogP contribution >= 0.6 is 0 Å². The van der Waals surface area contributed by atoms with Crippen LogP contribution in [0.1, 0.15) is 51.2 Å². The molecule has 3 aliphatic rings. The predicted octanol–water partition coefficient (Wildman–Crippen LogP) is 4.89. The predicted molar refractivity (Wildman–Crippen MR) is 149 cm³/mol.